The number of aryl methyl sites for hydroxylation is 1. The van der Waals surface area contributed by atoms with E-state index in [1.807, 2.05) is 0 Å². The van der Waals surface area contributed by atoms with Crippen molar-refractivity contribution < 1.29 is 19.5 Å². The van der Waals surface area contributed by atoms with Crippen molar-refractivity contribution >= 4 is 17.8 Å². The van der Waals surface area contributed by atoms with E-state index in [9.17, 15) is 9.59 Å². The molecule has 0 saturated carbocycles. The maximum absolute atomic E-state index is 12.9. The Morgan fingerprint density at radius 1 is 1.23 bits per heavy atom. The van der Waals surface area contributed by atoms with Gasteiger partial charge in [0.25, 0.3) is 5.91 Å². The predicted octanol–water partition coefficient (Wildman–Crippen LogP) is 3.51. The lowest BCUT2D eigenvalue weighted by molar-refractivity contribution is -0.124. The molecule has 6 heteroatoms. The van der Waals surface area contributed by atoms with Crippen molar-refractivity contribution in [3.05, 3.63) is 70.8 Å². The largest absolute Gasteiger partial charge is 0.486 e. The minimum atomic E-state index is -0.619. The standard InChI is InChI=1S/C24H26N2O4/c1-17-3-2-4-19(13-17)16-26-11-9-24(10-12-26)15-21(27)20-14-18(5-7-22(20)30-24)6-8-23(28)25-29/h2-8,13-14,29H,9-12,15-16H2,1H3,(H,25,28)/b8-6+. The first-order valence-corrected chi connectivity index (χ1v) is 10.2. The molecule has 1 spiro atoms. The van der Waals surface area contributed by atoms with Gasteiger partial charge in [0.1, 0.15) is 11.4 Å². The van der Waals surface area contributed by atoms with Crippen LogP contribution in [0, 0.1) is 6.92 Å². The highest BCUT2D eigenvalue weighted by Gasteiger charge is 2.42. The number of nitrogens with one attached hydrogen (secondary N) is 1. The second-order valence-corrected chi connectivity index (χ2v) is 8.22. The Balaban J connectivity index is 1.43. The molecule has 2 aromatic carbocycles. The number of nitrogens with zero attached hydrogens (tertiary/aromatic N) is 1. The molecule has 1 saturated heterocycles. The minimum absolute atomic E-state index is 0.0743. The molecule has 30 heavy (non-hydrogen) atoms. The van der Waals surface area contributed by atoms with Crippen LogP contribution >= 0.6 is 0 Å². The third-order valence-electron chi connectivity index (χ3n) is 5.91. The van der Waals surface area contributed by atoms with Crippen LogP contribution in [0.2, 0.25) is 0 Å². The van der Waals surface area contributed by atoms with Crippen molar-refractivity contribution in [2.75, 3.05) is 13.1 Å². The van der Waals surface area contributed by atoms with Gasteiger partial charge in [-0.25, -0.2) is 5.48 Å². The molecule has 2 aromatic rings. The second-order valence-electron chi connectivity index (χ2n) is 8.22. The number of amides is 1. The van der Waals surface area contributed by atoms with Crippen LogP contribution in [0.4, 0.5) is 0 Å². The summed E-state index contributed by atoms with van der Waals surface area (Å²) in [6.45, 7) is 4.82. The van der Waals surface area contributed by atoms with Gasteiger partial charge >= 0.3 is 0 Å². The number of benzene rings is 2. The monoisotopic (exact) mass is 406 g/mol. The third-order valence-corrected chi connectivity index (χ3v) is 5.91. The molecule has 2 N–H and O–H groups in total. The lowest BCUT2D eigenvalue weighted by atomic mass is 9.82. The maximum atomic E-state index is 12.9. The number of hydrogen-bond donors (Lipinski definition) is 2. The summed E-state index contributed by atoms with van der Waals surface area (Å²) in [7, 11) is 0. The first kappa shape index (κ1) is 20.3. The topological polar surface area (TPSA) is 78.9 Å². The molecular weight excluding hydrogens is 380 g/mol. The van der Waals surface area contributed by atoms with E-state index >= 15 is 0 Å². The molecule has 4 rings (SSSR count). The van der Waals surface area contributed by atoms with E-state index in [-0.39, 0.29) is 5.78 Å². The number of hydrogen-bond acceptors (Lipinski definition) is 5. The van der Waals surface area contributed by atoms with Gasteiger partial charge in [-0.3, -0.25) is 19.7 Å². The fourth-order valence-electron chi connectivity index (χ4n) is 4.29. The van der Waals surface area contributed by atoms with E-state index in [0.717, 1.165) is 32.5 Å². The number of piperidine rings is 1. The first-order chi connectivity index (χ1) is 14.5. The Kier molecular flexibility index (Phi) is 5.70. The van der Waals surface area contributed by atoms with Crippen LogP contribution in [0.15, 0.2) is 48.5 Å². The quantitative estimate of drug-likeness (QED) is 0.462. The molecule has 1 amide bonds. The highest BCUT2D eigenvalue weighted by molar-refractivity contribution is 6.01. The number of Topliss-reactive ketones (excluding diaryl/α,β-unsaturated/α-hetero) is 1. The lowest BCUT2D eigenvalue weighted by Crippen LogP contribution is -2.50. The Hall–Kier alpha value is -2.96. The molecule has 0 bridgehead atoms. The molecule has 0 aromatic heterocycles. The first-order valence-electron chi connectivity index (χ1n) is 10.2. The van der Waals surface area contributed by atoms with Crippen LogP contribution in [0.5, 0.6) is 5.75 Å². The zero-order valence-corrected chi connectivity index (χ0v) is 17.1. The van der Waals surface area contributed by atoms with Crippen molar-refractivity contribution in [3.8, 4) is 5.75 Å². The summed E-state index contributed by atoms with van der Waals surface area (Å²) >= 11 is 0. The minimum Gasteiger partial charge on any atom is -0.486 e. The zero-order chi connectivity index (χ0) is 21.1. The maximum Gasteiger partial charge on any atom is 0.267 e. The summed E-state index contributed by atoms with van der Waals surface area (Å²) < 4.78 is 6.36. The van der Waals surface area contributed by atoms with E-state index in [1.165, 1.54) is 17.2 Å². The summed E-state index contributed by atoms with van der Waals surface area (Å²) in [6, 6.07) is 13.9. The molecule has 2 aliphatic heterocycles. The van der Waals surface area contributed by atoms with Gasteiger partial charge in [0, 0.05) is 38.6 Å². The number of ether oxygens (including phenoxy) is 1. The molecule has 2 heterocycles. The molecule has 0 radical (unpaired) electrons. The van der Waals surface area contributed by atoms with Gasteiger partial charge in [0.2, 0.25) is 0 Å². The van der Waals surface area contributed by atoms with Crippen LogP contribution in [-0.2, 0) is 11.3 Å². The van der Waals surface area contributed by atoms with Gasteiger partial charge in [-0.1, -0.05) is 35.9 Å². The SMILES string of the molecule is Cc1cccc(CN2CCC3(CC2)CC(=O)c2cc(/C=C/C(=O)NO)ccc2O3)c1. The predicted molar refractivity (Wildman–Crippen MR) is 113 cm³/mol. The lowest BCUT2D eigenvalue weighted by Gasteiger charge is -2.44. The second kappa shape index (κ2) is 8.42. The number of carbonyl (C=O) groups is 2. The summed E-state index contributed by atoms with van der Waals surface area (Å²) in [6.07, 6.45) is 4.78. The van der Waals surface area contributed by atoms with Gasteiger partial charge in [-0.15, -0.1) is 0 Å². The fraction of sp³-hybridized carbons (Fsp3) is 0.333. The average molecular weight is 406 g/mol. The summed E-state index contributed by atoms with van der Waals surface area (Å²) in [5, 5.41) is 8.57. The van der Waals surface area contributed by atoms with E-state index in [4.69, 9.17) is 9.94 Å². The summed E-state index contributed by atoms with van der Waals surface area (Å²) in [5.41, 5.74) is 4.95. The van der Waals surface area contributed by atoms with Crippen LogP contribution < -0.4 is 10.2 Å². The van der Waals surface area contributed by atoms with Crippen molar-refractivity contribution in [1.29, 1.82) is 0 Å². The Morgan fingerprint density at radius 2 is 2.03 bits per heavy atom. The summed E-state index contributed by atoms with van der Waals surface area (Å²) in [5.74, 6) is 0.0686. The van der Waals surface area contributed by atoms with Crippen LogP contribution in [-0.4, -0.2) is 40.5 Å². The van der Waals surface area contributed by atoms with Gasteiger partial charge in [-0.2, -0.15) is 0 Å². The number of likely N-dealkylation sites (tertiary alicyclic amines) is 1. The highest BCUT2D eigenvalue weighted by atomic mass is 16.5. The average Bonchev–Trinajstić information content (AvgIpc) is 2.74. The Labute approximate surface area is 176 Å². The molecule has 6 nitrogen and oxygen atoms in total. The molecule has 156 valence electrons. The molecule has 0 atom stereocenters. The number of hydroxylamine groups is 1. The van der Waals surface area contributed by atoms with Gasteiger partial charge in [0.05, 0.1) is 12.0 Å². The molecule has 0 aliphatic carbocycles. The number of ketones is 1. The number of carbonyl (C=O) groups excluding carboxylic acids is 2. The Morgan fingerprint density at radius 3 is 2.77 bits per heavy atom. The molecular formula is C24H26N2O4. The Bertz CT molecular complexity index is 990. The van der Waals surface area contributed by atoms with E-state index < -0.39 is 11.5 Å². The third kappa shape index (κ3) is 4.45. The highest BCUT2D eigenvalue weighted by Crippen LogP contribution is 2.40. The van der Waals surface area contributed by atoms with Crippen LogP contribution in [0.3, 0.4) is 0 Å². The molecule has 2 aliphatic rings. The van der Waals surface area contributed by atoms with Gasteiger partial charge in [-0.05, 0) is 36.3 Å². The van der Waals surface area contributed by atoms with E-state index in [1.54, 1.807) is 29.8 Å². The zero-order valence-electron chi connectivity index (χ0n) is 17.1. The van der Waals surface area contributed by atoms with E-state index in [2.05, 4.69) is 36.1 Å². The van der Waals surface area contributed by atoms with Gasteiger partial charge < -0.3 is 4.74 Å². The van der Waals surface area contributed by atoms with Crippen LogP contribution in [0.1, 0.15) is 46.3 Å². The smallest absolute Gasteiger partial charge is 0.267 e. The van der Waals surface area contributed by atoms with Crippen molar-refractivity contribution in [2.45, 2.75) is 38.3 Å². The fourth-order valence-corrected chi connectivity index (χ4v) is 4.29. The number of rotatable bonds is 4. The van der Waals surface area contributed by atoms with Crippen molar-refractivity contribution in [1.82, 2.24) is 10.4 Å². The normalized spacial score (nSPS) is 18.3. The molecule has 1 fully saturated rings. The van der Waals surface area contributed by atoms with Gasteiger partial charge in [0.15, 0.2) is 5.78 Å². The van der Waals surface area contributed by atoms with Crippen LogP contribution in [0.25, 0.3) is 6.08 Å². The number of fused-ring (bicyclic) bond motifs is 1. The summed E-state index contributed by atoms with van der Waals surface area (Å²) in [4.78, 5) is 26.5. The van der Waals surface area contributed by atoms with E-state index in [0.29, 0.717) is 23.3 Å². The van der Waals surface area contributed by atoms with Crippen molar-refractivity contribution in [3.63, 3.8) is 0 Å². The van der Waals surface area contributed by atoms with Crippen molar-refractivity contribution in [2.24, 2.45) is 0 Å². The molecule has 0 unspecified atom stereocenters.